The third-order valence-corrected chi connectivity index (χ3v) is 8.29. The van der Waals surface area contributed by atoms with Gasteiger partial charge in [-0.05, 0) is 73.2 Å². The van der Waals surface area contributed by atoms with Crippen LogP contribution in [0.4, 0.5) is 5.69 Å². The number of carbonyl (C=O) groups excluding carboxylic acids is 1. The first-order valence-corrected chi connectivity index (χ1v) is 13.7. The normalized spacial score (nSPS) is 19.8. The van der Waals surface area contributed by atoms with E-state index in [1.165, 1.54) is 23.3 Å². The van der Waals surface area contributed by atoms with Gasteiger partial charge in [-0.2, -0.15) is 0 Å². The van der Waals surface area contributed by atoms with Gasteiger partial charge in [-0.1, -0.05) is 48.9 Å². The number of carbonyl (C=O) groups is 1. The fourth-order valence-electron chi connectivity index (χ4n) is 4.95. The van der Waals surface area contributed by atoms with Crippen LogP contribution in [0.3, 0.4) is 0 Å². The van der Waals surface area contributed by atoms with Crippen molar-refractivity contribution in [1.29, 1.82) is 0 Å². The summed E-state index contributed by atoms with van der Waals surface area (Å²) < 4.78 is 34.6. The summed E-state index contributed by atoms with van der Waals surface area (Å²) in [7, 11) is -3.83. The van der Waals surface area contributed by atoms with Gasteiger partial charge >= 0.3 is 0 Å². The average molecular weight is 511 g/mol. The first-order chi connectivity index (χ1) is 16.9. The molecular weight excluding hydrogens is 484 g/mol. The van der Waals surface area contributed by atoms with Crippen molar-refractivity contribution < 1.29 is 17.9 Å². The fourth-order valence-corrected chi connectivity index (χ4v) is 6.30. The zero-order valence-electron chi connectivity index (χ0n) is 19.4. The Morgan fingerprint density at radius 1 is 1.06 bits per heavy atom. The Balaban J connectivity index is 1.49. The molecule has 0 saturated heterocycles. The van der Waals surface area contributed by atoms with Crippen molar-refractivity contribution in [3.63, 3.8) is 0 Å². The Morgan fingerprint density at radius 2 is 1.89 bits per heavy atom. The van der Waals surface area contributed by atoms with Crippen molar-refractivity contribution in [1.82, 2.24) is 4.90 Å². The van der Waals surface area contributed by atoms with Crippen molar-refractivity contribution in [3.8, 4) is 5.75 Å². The molecule has 1 heterocycles. The topological polar surface area (TPSA) is 75.7 Å². The zero-order valence-corrected chi connectivity index (χ0v) is 21.0. The summed E-state index contributed by atoms with van der Waals surface area (Å²) in [5, 5.41) is 0.343. The van der Waals surface area contributed by atoms with E-state index in [9.17, 15) is 13.2 Å². The lowest BCUT2D eigenvalue weighted by molar-refractivity contribution is -0.141. The van der Waals surface area contributed by atoms with Crippen molar-refractivity contribution in [2.75, 3.05) is 4.72 Å². The minimum Gasteiger partial charge on any atom is -0.480 e. The average Bonchev–Trinajstić information content (AvgIpc) is 2.99. The van der Waals surface area contributed by atoms with Gasteiger partial charge in [0.2, 0.25) is 0 Å². The second-order valence-corrected chi connectivity index (χ2v) is 11.1. The Hall–Kier alpha value is -3.03. The number of anilines is 1. The van der Waals surface area contributed by atoms with E-state index in [-0.39, 0.29) is 16.8 Å². The van der Waals surface area contributed by atoms with Crippen LogP contribution in [0.5, 0.6) is 5.75 Å². The molecule has 1 aliphatic heterocycles. The van der Waals surface area contributed by atoms with E-state index in [1.54, 1.807) is 30.3 Å². The molecule has 0 bridgehead atoms. The monoisotopic (exact) mass is 510 g/mol. The van der Waals surface area contributed by atoms with Crippen LogP contribution in [0.1, 0.15) is 48.9 Å². The SMILES string of the molecule is CC[C@H]1Oc2ccc(NS(=O)(=O)c3cccc(Cl)c3)cc2CN([C@@H]2CCCc3ccccc32)C1=O. The van der Waals surface area contributed by atoms with Crippen LogP contribution in [-0.2, 0) is 27.8 Å². The minimum absolute atomic E-state index is 0.0357. The molecule has 6 nitrogen and oxygen atoms in total. The molecule has 1 aliphatic carbocycles. The highest BCUT2D eigenvalue weighted by Gasteiger charge is 2.36. The van der Waals surface area contributed by atoms with E-state index in [0.717, 1.165) is 24.8 Å². The Kier molecular flexibility index (Phi) is 6.47. The lowest BCUT2D eigenvalue weighted by Gasteiger charge is -2.36. The number of benzene rings is 3. The molecule has 5 rings (SSSR count). The molecule has 0 spiro atoms. The number of hydrogen-bond acceptors (Lipinski definition) is 4. The number of fused-ring (bicyclic) bond motifs is 2. The highest BCUT2D eigenvalue weighted by Crippen LogP contribution is 2.39. The maximum Gasteiger partial charge on any atom is 0.264 e. The maximum atomic E-state index is 13.6. The van der Waals surface area contributed by atoms with Gasteiger partial charge in [-0.15, -0.1) is 0 Å². The largest absolute Gasteiger partial charge is 0.480 e. The number of hydrogen-bond donors (Lipinski definition) is 1. The number of amides is 1. The van der Waals surface area contributed by atoms with Crippen molar-refractivity contribution >= 4 is 33.2 Å². The molecular formula is C27H27ClN2O4S. The van der Waals surface area contributed by atoms with Gasteiger partial charge in [0, 0.05) is 16.3 Å². The molecule has 3 aromatic carbocycles. The molecule has 0 saturated carbocycles. The van der Waals surface area contributed by atoms with Crippen LogP contribution in [0.2, 0.25) is 5.02 Å². The van der Waals surface area contributed by atoms with Crippen LogP contribution >= 0.6 is 11.6 Å². The van der Waals surface area contributed by atoms with Crippen LogP contribution in [-0.4, -0.2) is 25.3 Å². The molecule has 1 N–H and O–H groups in total. The van der Waals surface area contributed by atoms with Crippen molar-refractivity contribution in [2.24, 2.45) is 0 Å². The number of sulfonamides is 1. The second kappa shape index (κ2) is 9.55. The van der Waals surface area contributed by atoms with Crippen LogP contribution in [0, 0.1) is 0 Å². The molecule has 0 radical (unpaired) electrons. The highest BCUT2D eigenvalue weighted by molar-refractivity contribution is 7.92. The lowest BCUT2D eigenvalue weighted by atomic mass is 9.86. The molecule has 0 fully saturated rings. The summed E-state index contributed by atoms with van der Waals surface area (Å²) in [6.45, 7) is 2.28. The zero-order chi connectivity index (χ0) is 24.6. The summed E-state index contributed by atoms with van der Waals surface area (Å²) >= 11 is 5.99. The third-order valence-electron chi connectivity index (χ3n) is 6.67. The molecule has 1 amide bonds. The predicted molar refractivity (Wildman–Crippen MR) is 136 cm³/mol. The molecule has 35 heavy (non-hydrogen) atoms. The van der Waals surface area contributed by atoms with Gasteiger partial charge in [0.1, 0.15) is 5.75 Å². The highest BCUT2D eigenvalue weighted by atomic mass is 35.5. The van der Waals surface area contributed by atoms with E-state index in [0.29, 0.717) is 29.4 Å². The molecule has 182 valence electrons. The van der Waals surface area contributed by atoms with Crippen molar-refractivity contribution in [3.05, 3.63) is 88.4 Å². The smallest absolute Gasteiger partial charge is 0.264 e. The minimum atomic E-state index is -3.83. The summed E-state index contributed by atoms with van der Waals surface area (Å²) in [5.74, 6) is 0.564. The number of nitrogens with one attached hydrogen (secondary N) is 1. The summed E-state index contributed by atoms with van der Waals surface area (Å²) in [6, 6.07) is 19.5. The number of ether oxygens (including phenoxy) is 1. The summed E-state index contributed by atoms with van der Waals surface area (Å²) in [5.41, 5.74) is 3.63. The number of rotatable bonds is 5. The molecule has 2 aliphatic rings. The molecule has 2 atom stereocenters. The van der Waals surface area contributed by atoms with E-state index in [1.807, 2.05) is 24.0 Å². The summed E-state index contributed by atoms with van der Waals surface area (Å²) in [6.07, 6.45) is 2.87. The Morgan fingerprint density at radius 3 is 2.69 bits per heavy atom. The Bertz CT molecular complexity index is 1380. The van der Waals surface area contributed by atoms with Gasteiger partial charge in [0.25, 0.3) is 15.9 Å². The van der Waals surface area contributed by atoms with Gasteiger partial charge in [-0.3, -0.25) is 9.52 Å². The first-order valence-electron chi connectivity index (χ1n) is 11.8. The molecule has 0 unspecified atom stereocenters. The van der Waals surface area contributed by atoms with Crippen LogP contribution < -0.4 is 9.46 Å². The van der Waals surface area contributed by atoms with Crippen molar-refractivity contribution in [2.45, 2.75) is 56.2 Å². The number of nitrogens with zero attached hydrogens (tertiary/aromatic N) is 1. The molecule has 3 aromatic rings. The molecule has 0 aromatic heterocycles. The van der Waals surface area contributed by atoms with Crippen LogP contribution in [0.25, 0.3) is 0 Å². The summed E-state index contributed by atoms with van der Waals surface area (Å²) in [4.78, 5) is 15.6. The van der Waals surface area contributed by atoms with Gasteiger partial charge in [0.05, 0.1) is 17.5 Å². The Labute approximate surface area is 210 Å². The predicted octanol–water partition coefficient (Wildman–Crippen LogP) is 5.72. The quantitative estimate of drug-likeness (QED) is 0.476. The number of halogens is 1. The first kappa shape index (κ1) is 23.7. The van der Waals surface area contributed by atoms with E-state index in [2.05, 4.69) is 16.9 Å². The van der Waals surface area contributed by atoms with E-state index < -0.39 is 16.1 Å². The maximum absolute atomic E-state index is 13.6. The van der Waals surface area contributed by atoms with E-state index in [4.69, 9.17) is 16.3 Å². The van der Waals surface area contributed by atoms with Gasteiger partial charge < -0.3 is 9.64 Å². The van der Waals surface area contributed by atoms with Gasteiger partial charge in [-0.25, -0.2) is 8.42 Å². The lowest BCUT2D eigenvalue weighted by Crippen LogP contribution is -2.42. The molecule has 8 heteroatoms. The van der Waals surface area contributed by atoms with Gasteiger partial charge in [0.15, 0.2) is 6.10 Å². The second-order valence-electron chi connectivity index (χ2n) is 8.97. The standard InChI is InChI=1S/C27H27ClN2O4S/c1-2-25-27(31)30(24-12-5-8-18-7-3-4-11-23(18)24)17-19-15-21(13-14-26(19)34-25)29-35(32,33)22-10-6-9-20(28)16-22/h3-4,6-7,9-11,13-16,24-25,29H,2,5,8,12,17H2,1H3/t24-,25-/m1/s1. The fraction of sp³-hybridized carbons (Fsp3) is 0.296. The van der Waals surface area contributed by atoms with Crippen LogP contribution in [0.15, 0.2) is 71.6 Å². The van der Waals surface area contributed by atoms with E-state index >= 15 is 0 Å². The third kappa shape index (κ3) is 4.75. The number of aryl methyl sites for hydroxylation is 1.